The third kappa shape index (κ3) is 3.14. The van der Waals surface area contributed by atoms with Crippen LogP contribution < -0.4 is 15.2 Å². The predicted molar refractivity (Wildman–Crippen MR) is 94.8 cm³/mol. The lowest BCUT2D eigenvalue weighted by Crippen LogP contribution is -1.92. The summed E-state index contributed by atoms with van der Waals surface area (Å²) in [5.74, 6) is 1.68. The molecule has 3 heteroatoms. The van der Waals surface area contributed by atoms with Crippen molar-refractivity contribution in [3.05, 3.63) is 66.7 Å². The molecule has 3 aromatic rings. The molecule has 0 spiro atoms. The van der Waals surface area contributed by atoms with Crippen molar-refractivity contribution >= 4 is 5.69 Å². The molecule has 0 amide bonds. The molecule has 0 heterocycles. The molecule has 0 atom stereocenters. The minimum atomic E-state index is 0.753. The minimum Gasteiger partial charge on any atom is -0.497 e. The molecule has 0 fully saturated rings. The first-order chi connectivity index (χ1) is 11.2. The highest BCUT2D eigenvalue weighted by Gasteiger charge is 2.06. The van der Waals surface area contributed by atoms with E-state index >= 15 is 0 Å². The standard InChI is InChI=1S/C20H19NO2/c1-22-17-8-3-14(4-9-17)16-7-12-19(20(21)13-16)15-5-10-18(23-2)11-6-15/h3-13H,21H2,1-2H3. The monoisotopic (exact) mass is 305 g/mol. The first-order valence-electron chi connectivity index (χ1n) is 7.39. The van der Waals surface area contributed by atoms with E-state index in [-0.39, 0.29) is 0 Å². The van der Waals surface area contributed by atoms with Crippen LogP contribution in [-0.2, 0) is 0 Å². The van der Waals surface area contributed by atoms with E-state index in [1.165, 1.54) is 0 Å². The van der Waals surface area contributed by atoms with Crippen LogP contribution in [0.5, 0.6) is 11.5 Å². The summed E-state index contributed by atoms with van der Waals surface area (Å²) in [6.45, 7) is 0. The van der Waals surface area contributed by atoms with Gasteiger partial charge in [0, 0.05) is 11.3 Å². The molecular formula is C20H19NO2. The Bertz CT molecular complexity index is 793. The third-order valence-corrected chi connectivity index (χ3v) is 3.88. The van der Waals surface area contributed by atoms with E-state index in [1.54, 1.807) is 14.2 Å². The summed E-state index contributed by atoms with van der Waals surface area (Å²) < 4.78 is 10.4. The summed E-state index contributed by atoms with van der Waals surface area (Å²) in [5, 5.41) is 0. The molecule has 3 nitrogen and oxygen atoms in total. The summed E-state index contributed by atoms with van der Waals surface area (Å²) >= 11 is 0. The van der Waals surface area contributed by atoms with E-state index in [1.807, 2.05) is 54.6 Å². The molecule has 0 unspecified atom stereocenters. The number of ether oxygens (including phenoxy) is 2. The minimum absolute atomic E-state index is 0.753. The molecule has 116 valence electrons. The number of hydrogen-bond acceptors (Lipinski definition) is 3. The quantitative estimate of drug-likeness (QED) is 0.715. The van der Waals surface area contributed by atoms with Gasteiger partial charge in [-0.25, -0.2) is 0 Å². The van der Waals surface area contributed by atoms with Crippen LogP contribution in [0.1, 0.15) is 0 Å². The lowest BCUT2D eigenvalue weighted by molar-refractivity contribution is 0.415. The molecule has 0 aliphatic heterocycles. The van der Waals surface area contributed by atoms with Crippen LogP contribution in [0.4, 0.5) is 5.69 Å². The average Bonchev–Trinajstić information content (AvgIpc) is 2.62. The molecule has 2 N–H and O–H groups in total. The summed E-state index contributed by atoms with van der Waals surface area (Å²) in [4.78, 5) is 0. The first-order valence-corrected chi connectivity index (χ1v) is 7.39. The number of hydrogen-bond donors (Lipinski definition) is 1. The Labute approximate surface area is 136 Å². The normalized spacial score (nSPS) is 10.3. The second-order valence-corrected chi connectivity index (χ2v) is 5.26. The van der Waals surface area contributed by atoms with Crippen LogP contribution in [-0.4, -0.2) is 14.2 Å². The number of benzene rings is 3. The van der Waals surface area contributed by atoms with Crippen molar-refractivity contribution in [2.45, 2.75) is 0 Å². The number of nitrogens with two attached hydrogens (primary N) is 1. The molecule has 0 saturated carbocycles. The fourth-order valence-electron chi connectivity index (χ4n) is 2.56. The predicted octanol–water partition coefficient (Wildman–Crippen LogP) is 4.62. The Morgan fingerprint density at radius 2 is 1.09 bits per heavy atom. The van der Waals surface area contributed by atoms with E-state index in [0.717, 1.165) is 39.4 Å². The first kappa shape index (κ1) is 15.0. The SMILES string of the molecule is COc1ccc(-c2ccc(-c3ccc(OC)cc3)c(N)c2)cc1. The van der Waals surface area contributed by atoms with Crippen LogP contribution >= 0.6 is 0 Å². The van der Waals surface area contributed by atoms with Gasteiger partial charge in [0.05, 0.1) is 14.2 Å². The van der Waals surface area contributed by atoms with E-state index in [4.69, 9.17) is 15.2 Å². The van der Waals surface area contributed by atoms with Crippen LogP contribution in [0.2, 0.25) is 0 Å². The van der Waals surface area contributed by atoms with Crippen molar-refractivity contribution in [1.29, 1.82) is 0 Å². The van der Waals surface area contributed by atoms with Gasteiger partial charge in [0.25, 0.3) is 0 Å². The zero-order valence-electron chi connectivity index (χ0n) is 13.2. The lowest BCUT2D eigenvalue weighted by atomic mass is 9.98. The molecular weight excluding hydrogens is 286 g/mol. The molecule has 0 aliphatic rings. The Kier molecular flexibility index (Phi) is 4.20. The van der Waals surface area contributed by atoms with Gasteiger partial charge in [-0.1, -0.05) is 36.4 Å². The molecule has 0 aromatic heterocycles. The summed E-state index contributed by atoms with van der Waals surface area (Å²) in [6.07, 6.45) is 0. The average molecular weight is 305 g/mol. The van der Waals surface area contributed by atoms with Gasteiger partial charge in [-0.3, -0.25) is 0 Å². The lowest BCUT2D eigenvalue weighted by Gasteiger charge is -2.10. The second-order valence-electron chi connectivity index (χ2n) is 5.26. The number of anilines is 1. The molecule has 3 rings (SSSR count). The van der Waals surface area contributed by atoms with Gasteiger partial charge in [-0.2, -0.15) is 0 Å². The molecule has 0 radical (unpaired) electrons. The maximum atomic E-state index is 6.26. The Balaban J connectivity index is 1.92. The highest BCUT2D eigenvalue weighted by atomic mass is 16.5. The van der Waals surface area contributed by atoms with Crippen LogP contribution in [0.3, 0.4) is 0 Å². The van der Waals surface area contributed by atoms with Gasteiger partial charge in [0.2, 0.25) is 0 Å². The van der Waals surface area contributed by atoms with Gasteiger partial charge in [0.1, 0.15) is 11.5 Å². The highest BCUT2D eigenvalue weighted by molar-refractivity contribution is 5.81. The van der Waals surface area contributed by atoms with Gasteiger partial charge in [0.15, 0.2) is 0 Å². The van der Waals surface area contributed by atoms with Crippen molar-refractivity contribution in [2.24, 2.45) is 0 Å². The molecule has 0 aliphatic carbocycles. The Morgan fingerprint density at radius 3 is 1.57 bits per heavy atom. The fourth-order valence-corrected chi connectivity index (χ4v) is 2.56. The van der Waals surface area contributed by atoms with Gasteiger partial charge < -0.3 is 15.2 Å². The fraction of sp³-hybridized carbons (Fsp3) is 0.100. The maximum Gasteiger partial charge on any atom is 0.118 e. The molecule has 23 heavy (non-hydrogen) atoms. The number of nitrogen functional groups attached to an aromatic ring is 1. The zero-order valence-corrected chi connectivity index (χ0v) is 13.2. The molecule has 0 saturated heterocycles. The van der Waals surface area contributed by atoms with Crippen LogP contribution in [0, 0.1) is 0 Å². The molecule has 3 aromatic carbocycles. The largest absolute Gasteiger partial charge is 0.497 e. The summed E-state index contributed by atoms with van der Waals surface area (Å²) in [5.41, 5.74) is 11.3. The van der Waals surface area contributed by atoms with Crippen molar-refractivity contribution in [2.75, 3.05) is 20.0 Å². The number of methoxy groups -OCH3 is 2. The number of rotatable bonds is 4. The van der Waals surface area contributed by atoms with Crippen LogP contribution in [0.25, 0.3) is 22.3 Å². The van der Waals surface area contributed by atoms with Gasteiger partial charge in [-0.05, 0) is 47.0 Å². The van der Waals surface area contributed by atoms with E-state index < -0.39 is 0 Å². The van der Waals surface area contributed by atoms with Gasteiger partial charge in [-0.15, -0.1) is 0 Å². The van der Waals surface area contributed by atoms with Gasteiger partial charge >= 0.3 is 0 Å². The van der Waals surface area contributed by atoms with Crippen molar-refractivity contribution in [1.82, 2.24) is 0 Å². The zero-order chi connectivity index (χ0) is 16.2. The van der Waals surface area contributed by atoms with Crippen molar-refractivity contribution in [3.8, 4) is 33.8 Å². The Hall–Kier alpha value is -2.94. The van der Waals surface area contributed by atoms with E-state index in [0.29, 0.717) is 0 Å². The highest BCUT2D eigenvalue weighted by Crippen LogP contribution is 2.32. The van der Waals surface area contributed by atoms with E-state index in [2.05, 4.69) is 12.1 Å². The van der Waals surface area contributed by atoms with Crippen LogP contribution in [0.15, 0.2) is 66.7 Å². The van der Waals surface area contributed by atoms with Crippen molar-refractivity contribution in [3.63, 3.8) is 0 Å². The topological polar surface area (TPSA) is 44.5 Å². The summed E-state index contributed by atoms with van der Waals surface area (Å²) in [6, 6.07) is 22.0. The maximum absolute atomic E-state index is 6.26. The smallest absolute Gasteiger partial charge is 0.118 e. The summed E-state index contributed by atoms with van der Waals surface area (Å²) in [7, 11) is 3.32. The second kappa shape index (κ2) is 6.44. The molecule has 0 bridgehead atoms. The van der Waals surface area contributed by atoms with E-state index in [9.17, 15) is 0 Å². The third-order valence-electron chi connectivity index (χ3n) is 3.88. The Morgan fingerprint density at radius 1 is 0.609 bits per heavy atom. The van der Waals surface area contributed by atoms with Crippen molar-refractivity contribution < 1.29 is 9.47 Å².